The van der Waals surface area contributed by atoms with Crippen LogP contribution in [0.2, 0.25) is 0 Å². The fourth-order valence-electron chi connectivity index (χ4n) is 3.80. The third-order valence-electron chi connectivity index (χ3n) is 5.11. The van der Waals surface area contributed by atoms with Gasteiger partial charge in [0.05, 0.1) is 13.0 Å². The molecule has 166 valence electrons. The molecule has 0 aliphatic heterocycles. The molecule has 0 saturated heterocycles. The molecule has 0 amide bonds. The molecule has 0 spiro atoms. The van der Waals surface area contributed by atoms with Crippen molar-refractivity contribution in [1.82, 2.24) is 14.9 Å². The Balaban J connectivity index is 1.93. The van der Waals surface area contributed by atoms with Crippen molar-refractivity contribution in [3.63, 3.8) is 0 Å². The molecule has 7 heteroatoms. The van der Waals surface area contributed by atoms with Crippen LogP contribution in [0.25, 0.3) is 0 Å². The largest absolute Gasteiger partial charge is 0.460 e. The van der Waals surface area contributed by atoms with Crippen molar-refractivity contribution in [2.24, 2.45) is 5.92 Å². The van der Waals surface area contributed by atoms with Gasteiger partial charge in [-0.2, -0.15) is 4.98 Å². The summed E-state index contributed by atoms with van der Waals surface area (Å²) in [4.78, 5) is 17.0. The van der Waals surface area contributed by atoms with E-state index in [4.69, 9.17) is 9.26 Å². The predicted molar refractivity (Wildman–Crippen MR) is 117 cm³/mol. The topological polar surface area (TPSA) is 77.2 Å². The predicted octanol–water partition coefficient (Wildman–Crippen LogP) is 5.78. The lowest BCUT2D eigenvalue weighted by atomic mass is 9.84. The van der Waals surface area contributed by atoms with Gasteiger partial charge in [-0.05, 0) is 33.1 Å². The second kappa shape index (κ2) is 11.9. The number of carbonyl (C=O) groups excluding carboxylic acids is 1. The number of esters is 1. The van der Waals surface area contributed by atoms with E-state index in [0.29, 0.717) is 23.5 Å². The van der Waals surface area contributed by atoms with E-state index in [1.165, 1.54) is 38.5 Å². The maximum atomic E-state index is 12.4. The van der Waals surface area contributed by atoms with Crippen LogP contribution in [-0.2, 0) is 16.1 Å². The van der Waals surface area contributed by atoms with E-state index in [-0.39, 0.29) is 18.3 Å². The van der Waals surface area contributed by atoms with Crippen molar-refractivity contribution in [2.75, 3.05) is 0 Å². The van der Waals surface area contributed by atoms with Crippen LogP contribution in [0.15, 0.2) is 4.52 Å². The molecule has 0 aromatic carbocycles. The van der Waals surface area contributed by atoms with Gasteiger partial charge in [0.15, 0.2) is 5.82 Å². The fourth-order valence-corrected chi connectivity index (χ4v) is 4.35. The monoisotopic (exact) mass is 425 g/mol. The van der Waals surface area contributed by atoms with E-state index in [1.807, 2.05) is 20.8 Å². The molecule has 0 radical (unpaired) electrons. The first kappa shape index (κ1) is 24.2. The Kier molecular flexibility index (Phi) is 9.96. The van der Waals surface area contributed by atoms with Crippen LogP contribution in [0.5, 0.6) is 0 Å². The zero-order valence-electron chi connectivity index (χ0n) is 18.8. The van der Waals surface area contributed by atoms with E-state index in [0.717, 1.165) is 18.8 Å². The first-order chi connectivity index (χ1) is 13.7. The summed E-state index contributed by atoms with van der Waals surface area (Å²) >= 11 is 1.64. The van der Waals surface area contributed by atoms with Gasteiger partial charge < -0.3 is 9.26 Å². The molecular weight excluding hydrogens is 386 g/mol. The molecule has 1 aromatic rings. The van der Waals surface area contributed by atoms with Crippen LogP contribution in [0.3, 0.4) is 0 Å². The van der Waals surface area contributed by atoms with Crippen LogP contribution in [0, 0.1) is 5.92 Å². The van der Waals surface area contributed by atoms with Crippen LogP contribution in [0.1, 0.15) is 110 Å². The normalized spacial score (nSPS) is 16.9. The first-order valence-corrected chi connectivity index (χ1v) is 12.0. The minimum absolute atomic E-state index is 0.0764. The highest BCUT2D eigenvalue weighted by Crippen LogP contribution is 2.31. The van der Waals surface area contributed by atoms with Gasteiger partial charge in [-0.25, -0.2) is 0 Å². The van der Waals surface area contributed by atoms with Crippen LogP contribution >= 0.6 is 11.9 Å². The summed E-state index contributed by atoms with van der Waals surface area (Å²) in [6.07, 6.45) is 10.3. The van der Waals surface area contributed by atoms with E-state index >= 15 is 0 Å². The average Bonchev–Trinajstić information content (AvgIpc) is 3.09. The molecular formula is C22H39N3O3S. The van der Waals surface area contributed by atoms with Gasteiger partial charge in [0.2, 0.25) is 5.89 Å². The number of hydrogen-bond acceptors (Lipinski definition) is 7. The standard InChI is InChI=1S/C22H39N3O3S/c1-16(2)29-23-15-19-24-21(28-25-19)18(14-20(26)27-22(3,4)5)13-9-12-17-10-7-6-8-11-17/h16-18,23H,6-15H2,1-5H3/t18-/m1/s1. The zero-order valence-corrected chi connectivity index (χ0v) is 19.6. The van der Waals surface area contributed by atoms with Gasteiger partial charge in [-0.3, -0.25) is 9.52 Å². The van der Waals surface area contributed by atoms with Gasteiger partial charge in [-0.1, -0.05) is 75.9 Å². The lowest BCUT2D eigenvalue weighted by Crippen LogP contribution is -2.25. The van der Waals surface area contributed by atoms with E-state index < -0.39 is 5.60 Å². The third-order valence-corrected chi connectivity index (χ3v) is 5.89. The molecule has 1 atom stereocenters. The molecule has 1 aromatic heterocycles. The summed E-state index contributed by atoms with van der Waals surface area (Å²) < 4.78 is 14.3. The van der Waals surface area contributed by atoms with Crippen molar-refractivity contribution in [3.05, 3.63) is 11.7 Å². The second-order valence-corrected chi connectivity index (χ2v) is 10.9. The molecule has 0 unspecified atom stereocenters. The van der Waals surface area contributed by atoms with Crippen molar-refractivity contribution in [1.29, 1.82) is 0 Å². The second-order valence-electron chi connectivity index (χ2n) is 9.46. The Hall–Kier alpha value is -1.08. The third kappa shape index (κ3) is 9.98. The maximum absolute atomic E-state index is 12.4. The molecule has 1 aliphatic rings. The average molecular weight is 426 g/mol. The molecule has 0 bridgehead atoms. The summed E-state index contributed by atoms with van der Waals surface area (Å²) in [6.45, 7) is 10.5. The van der Waals surface area contributed by atoms with Gasteiger partial charge in [0.1, 0.15) is 5.60 Å². The Morgan fingerprint density at radius 1 is 1.28 bits per heavy atom. The molecule has 1 saturated carbocycles. The summed E-state index contributed by atoms with van der Waals surface area (Å²) in [7, 11) is 0. The lowest BCUT2D eigenvalue weighted by molar-refractivity contribution is -0.155. The van der Waals surface area contributed by atoms with Gasteiger partial charge in [0, 0.05) is 11.2 Å². The first-order valence-electron chi connectivity index (χ1n) is 11.2. The highest BCUT2D eigenvalue weighted by molar-refractivity contribution is 7.97. The minimum atomic E-state index is -0.484. The smallest absolute Gasteiger partial charge is 0.307 e. The highest BCUT2D eigenvalue weighted by Gasteiger charge is 2.26. The Bertz CT molecular complexity index is 607. The molecule has 1 heterocycles. The molecule has 1 aliphatic carbocycles. The number of nitrogens with zero attached hydrogens (tertiary/aromatic N) is 2. The van der Waals surface area contributed by atoms with Crippen LogP contribution in [-0.4, -0.2) is 27.0 Å². The number of hydrogen-bond donors (Lipinski definition) is 1. The fraction of sp³-hybridized carbons (Fsp3) is 0.864. The summed E-state index contributed by atoms with van der Waals surface area (Å²) in [5.41, 5.74) is -0.484. The minimum Gasteiger partial charge on any atom is -0.460 e. The summed E-state index contributed by atoms with van der Waals surface area (Å²) in [5.74, 6) is 1.75. The Morgan fingerprint density at radius 2 is 2.00 bits per heavy atom. The van der Waals surface area contributed by atoms with Gasteiger partial charge >= 0.3 is 5.97 Å². The van der Waals surface area contributed by atoms with E-state index in [2.05, 4.69) is 28.7 Å². The van der Waals surface area contributed by atoms with Crippen molar-refractivity contribution >= 4 is 17.9 Å². The summed E-state index contributed by atoms with van der Waals surface area (Å²) in [5, 5.41) is 4.59. The number of carbonyl (C=O) groups is 1. The van der Waals surface area contributed by atoms with Crippen molar-refractivity contribution in [3.8, 4) is 0 Å². The number of rotatable bonds is 11. The maximum Gasteiger partial charge on any atom is 0.307 e. The lowest BCUT2D eigenvalue weighted by Gasteiger charge is -2.23. The molecule has 6 nitrogen and oxygen atoms in total. The zero-order chi connectivity index (χ0) is 21.3. The molecule has 29 heavy (non-hydrogen) atoms. The number of aromatic nitrogens is 2. The number of nitrogens with one attached hydrogen (secondary N) is 1. The van der Waals surface area contributed by atoms with Gasteiger partial charge in [0.25, 0.3) is 0 Å². The van der Waals surface area contributed by atoms with Crippen LogP contribution in [0.4, 0.5) is 0 Å². The van der Waals surface area contributed by atoms with E-state index in [9.17, 15) is 4.79 Å². The molecule has 1 N–H and O–H groups in total. The van der Waals surface area contributed by atoms with Gasteiger partial charge in [-0.15, -0.1) is 0 Å². The van der Waals surface area contributed by atoms with Crippen molar-refractivity contribution < 1.29 is 14.1 Å². The Morgan fingerprint density at radius 3 is 2.66 bits per heavy atom. The van der Waals surface area contributed by atoms with E-state index in [1.54, 1.807) is 11.9 Å². The quantitative estimate of drug-likeness (QED) is 0.355. The highest BCUT2D eigenvalue weighted by atomic mass is 32.2. The van der Waals surface area contributed by atoms with Crippen molar-refractivity contribution in [2.45, 2.75) is 116 Å². The Labute approximate surface area is 180 Å². The summed E-state index contributed by atoms with van der Waals surface area (Å²) in [6, 6.07) is 0. The van der Waals surface area contributed by atoms with Crippen LogP contribution < -0.4 is 4.72 Å². The molecule has 2 rings (SSSR count). The number of ether oxygens (including phenoxy) is 1. The molecule has 1 fully saturated rings. The SMILES string of the molecule is CC(C)SNCc1noc([C@H](CCCC2CCCCC2)CC(=O)OC(C)(C)C)n1.